The first kappa shape index (κ1) is 25.4. The molecule has 4 heterocycles. The molecule has 0 radical (unpaired) electrons. The van der Waals surface area contributed by atoms with Crippen LogP contribution in [0, 0.1) is 29.0 Å². The molecule has 3 atom stereocenters. The fourth-order valence-corrected chi connectivity index (χ4v) is 5.76. The van der Waals surface area contributed by atoms with Crippen LogP contribution in [0.2, 0.25) is 0 Å². The van der Waals surface area contributed by atoms with Gasteiger partial charge in [-0.3, -0.25) is 19.5 Å². The molecular weight excluding hydrogens is 521 g/mol. The molecule has 2 aromatic heterocycles. The highest BCUT2D eigenvalue weighted by Gasteiger charge is 2.71. The van der Waals surface area contributed by atoms with Crippen molar-refractivity contribution in [2.24, 2.45) is 11.8 Å². The Morgan fingerprint density at radius 2 is 2.02 bits per heavy atom. The molecule has 3 fully saturated rings. The van der Waals surface area contributed by atoms with Gasteiger partial charge in [-0.15, -0.1) is 5.10 Å². The van der Waals surface area contributed by atoms with Crippen molar-refractivity contribution in [3.05, 3.63) is 60.4 Å². The zero-order valence-electron chi connectivity index (χ0n) is 21.4. The Bertz CT molecular complexity index is 1510. The molecule has 2 saturated heterocycles. The van der Waals surface area contributed by atoms with E-state index in [9.17, 15) is 19.6 Å². The molecule has 3 aromatic rings. The van der Waals surface area contributed by atoms with Crippen molar-refractivity contribution in [2.45, 2.75) is 25.0 Å². The molecule has 2 amide bonds. The molecule has 13 heteroatoms. The monoisotopic (exact) mass is 545 g/mol. The third-order valence-electron chi connectivity index (χ3n) is 7.82. The Labute approximate surface area is 227 Å². The van der Waals surface area contributed by atoms with Crippen LogP contribution in [0.3, 0.4) is 0 Å². The zero-order valence-corrected chi connectivity index (χ0v) is 21.4. The van der Waals surface area contributed by atoms with Gasteiger partial charge in [0.25, 0.3) is 5.91 Å². The van der Waals surface area contributed by atoms with Crippen molar-refractivity contribution >= 4 is 23.7 Å². The van der Waals surface area contributed by atoms with Gasteiger partial charge in [-0.25, -0.2) is 13.9 Å². The summed E-state index contributed by atoms with van der Waals surface area (Å²) in [5, 5.41) is 17.6. The molecule has 2 unspecified atom stereocenters. The average molecular weight is 546 g/mol. The number of nitriles is 1. The van der Waals surface area contributed by atoms with Crippen LogP contribution in [0.25, 0.3) is 11.1 Å². The maximum atomic E-state index is 15.2. The largest absolute Gasteiger partial charge is 0.456 e. The number of hydrogen-bond acceptors (Lipinski definition) is 9. The Morgan fingerprint density at radius 3 is 2.65 bits per heavy atom. The molecule has 6 rings (SSSR count). The minimum absolute atomic E-state index is 0.0678. The van der Waals surface area contributed by atoms with Gasteiger partial charge >= 0.3 is 12.1 Å². The SMILES string of the molecule is CC(=O)OCC(=O)N1CC2C(C1)C2(C#N)c1ccc(-c2ccc(N3C[C@H](Cn4ccnn4)OC3=O)cc2F)cn1. The third-order valence-corrected chi connectivity index (χ3v) is 7.82. The first-order valence-electron chi connectivity index (χ1n) is 12.7. The lowest BCUT2D eigenvalue weighted by molar-refractivity contribution is -0.150. The predicted molar refractivity (Wildman–Crippen MR) is 135 cm³/mol. The molecule has 1 saturated carbocycles. The number of benzene rings is 1. The quantitative estimate of drug-likeness (QED) is 0.407. The van der Waals surface area contributed by atoms with Crippen molar-refractivity contribution in [3.63, 3.8) is 0 Å². The number of cyclic esters (lactones) is 1. The second kappa shape index (κ2) is 9.71. The minimum atomic E-state index is -0.808. The summed E-state index contributed by atoms with van der Waals surface area (Å²) in [5.74, 6) is -1.47. The summed E-state index contributed by atoms with van der Waals surface area (Å²) in [7, 11) is 0. The summed E-state index contributed by atoms with van der Waals surface area (Å²) in [4.78, 5) is 43.1. The number of carbonyl (C=O) groups is 3. The minimum Gasteiger partial charge on any atom is -0.456 e. The Balaban J connectivity index is 1.12. The molecule has 40 heavy (non-hydrogen) atoms. The molecular formula is C27H24FN7O5. The maximum Gasteiger partial charge on any atom is 0.414 e. The topological polar surface area (TPSA) is 144 Å². The molecule has 3 aliphatic rings. The number of anilines is 1. The standard InChI is InChI=1S/C27H24FN7O5/c1-16(36)39-14-25(37)33-12-21-22(13-33)27(21,15-29)24-5-2-17(9-30-24)20-4-3-18(8-23(20)28)35-11-19(40-26(35)38)10-34-7-6-31-32-34/h2-9,19,21-22H,10-14H2,1H3/t19-,21?,22?,27?/m0/s1. The summed E-state index contributed by atoms with van der Waals surface area (Å²) in [5.41, 5.74) is 0.977. The highest BCUT2D eigenvalue weighted by Crippen LogP contribution is 2.62. The van der Waals surface area contributed by atoms with Crippen molar-refractivity contribution in [2.75, 3.05) is 31.1 Å². The van der Waals surface area contributed by atoms with Gasteiger partial charge in [-0.2, -0.15) is 5.26 Å². The van der Waals surface area contributed by atoms with Gasteiger partial charge in [0.2, 0.25) is 0 Å². The van der Waals surface area contributed by atoms with E-state index in [-0.39, 0.29) is 30.9 Å². The van der Waals surface area contributed by atoms with Gasteiger partial charge in [0.05, 0.1) is 36.7 Å². The van der Waals surface area contributed by atoms with Crippen LogP contribution >= 0.6 is 0 Å². The number of esters is 1. The number of halogens is 1. The van der Waals surface area contributed by atoms with Crippen LogP contribution in [0.4, 0.5) is 14.9 Å². The summed E-state index contributed by atoms with van der Waals surface area (Å²) >= 11 is 0. The maximum absolute atomic E-state index is 15.2. The molecule has 0 N–H and O–H groups in total. The fourth-order valence-electron chi connectivity index (χ4n) is 5.76. The first-order chi connectivity index (χ1) is 19.3. The average Bonchev–Trinajstić information content (AvgIpc) is 3.45. The molecule has 0 spiro atoms. The molecule has 0 bridgehead atoms. The number of hydrogen-bond donors (Lipinski definition) is 0. The van der Waals surface area contributed by atoms with Gasteiger partial charge in [0.1, 0.15) is 17.3 Å². The molecule has 12 nitrogen and oxygen atoms in total. The highest BCUT2D eigenvalue weighted by molar-refractivity contribution is 5.90. The number of carbonyl (C=O) groups excluding carboxylic acids is 3. The lowest BCUT2D eigenvalue weighted by Crippen LogP contribution is -2.37. The van der Waals surface area contributed by atoms with Crippen molar-refractivity contribution in [1.82, 2.24) is 24.9 Å². The molecule has 2 aliphatic heterocycles. The van der Waals surface area contributed by atoms with Gasteiger partial charge < -0.3 is 14.4 Å². The lowest BCUT2D eigenvalue weighted by atomic mass is 9.95. The number of fused-ring (bicyclic) bond motifs is 1. The van der Waals surface area contributed by atoms with E-state index in [4.69, 9.17) is 9.47 Å². The molecule has 1 aliphatic carbocycles. The van der Waals surface area contributed by atoms with Crippen LogP contribution in [0.1, 0.15) is 12.6 Å². The summed E-state index contributed by atoms with van der Waals surface area (Å²) < 4.78 is 26.9. The number of aromatic nitrogens is 4. The second-order valence-corrected chi connectivity index (χ2v) is 10.1. The number of rotatable bonds is 7. The fraction of sp³-hybridized carbons (Fsp3) is 0.370. The van der Waals surface area contributed by atoms with Crippen LogP contribution in [0.5, 0.6) is 0 Å². The van der Waals surface area contributed by atoms with E-state index >= 15 is 4.39 Å². The molecule has 1 aromatic carbocycles. The smallest absolute Gasteiger partial charge is 0.414 e. The normalized spacial score (nSPS) is 24.8. The van der Waals surface area contributed by atoms with E-state index in [2.05, 4.69) is 21.4 Å². The Morgan fingerprint density at radius 1 is 1.23 bits per heavy atom. The Kier molecular flexibility index (Phi) is 6.17. The first-order valence-corrected chi connectivity index (χ1v) is 12.7. The van der Waals surface area contributed by atoms with Crippen LogP contribution in [0.15, 0.2) is 48.9 Å². The molecule has 204 valence electrons. The van der Waals surface area contributed by atoms with Crippen LogP contribution < -0.4 is 4.90 Å². The number of amides is 2. The van der Waals surface area contributed by atoms with E-state index in [1.807, 2.05) is 0 Å². The number of likely N-dealkylation sites (tertiary alicyclic amines) is 1. The van der Waals surface area contributed by atoms with E-state index in [1.165, 1.54) is 30.3 Å². The van der Waals surface area contributed by atoms with E-state index < -0.39 is 29.4 Å². The number of piperidine rings is 1. The summed E-state index contributed by atoms with van der Waals surface area (Å²) in [6.07, 6.45) is 3.73. The van der Waals surface area contributed by atoms with Crippen molar-refractivity contribution < 1.29 is 28.2 Å². The number of pyridine rings is 1. The van der Waals surface area contributed by atoms with Crippen LogP contribution in [-0.2, 0) is 31.0 Å². The lowest BCUT2D eigenvalue weighted by Gasteiger charge is -2.22. The zero-order chi connectivity index (χ0) is 28.0. The van der Waals surface area contributed by atoms with Gasteiger partial charge in [0, 0.05) is 55.4 Å². The van der Waals surface area contributed by atoms with E-state index in [0.29, 0.717) is 42.1 Å². The number of nitrogens with zero attached hydrogens (tertiary/aromatic N) is 7. The van der Waals surface area contributed by atoms with Gasteiger partial charge in [0.15, 0.2) is 6.61 Å². The number of ether oxygens (including phenoxy) is 2. The van der Waals surface area contributed by atoms with Crippen molar-refractivity contribution in [3.8, 4) is 17.2 Å². The van der Waals surface area contributed by atoms with E-state index in [0.717, 1.165) is 0 Å². The Hall–Kier alpha value is -4.86. The summed E-state index contributed by atoms with van der Waals surface area (Å²) in [6.45, 7) is 2.29. The van der Waals surface area contributed by atoms with E-state index in [1.54, 1.807) is 40.0 Å². The van der Waals surface area contributed by atoms with Gasteiger partial charge in [-0.05, 0) is 24.3 Å². The highest BCUT2D eigenvalue weighted by atomic mass is 19.1. The third kappa shape index (κ3) is 4.31. The summed E-state index contributed by atoms with van der Waals surface area (Å²) in [6, 6.07) is 10.3. The van der Waals surface area contributed by atoms with Crippen LogP contribution in [-0.4, -0.2) is 75.2 Å². The van der Waals surface area contributed by atoms with Gasteiger partial charge in [-0.1, -0.05) is 11.3 Å². The van der Waals surface area contributed by atoms with Crippen molar-refractivity contribution in [1.29, 1.82) is 5.26 Å². The second-order valence-electron chi connectivity index (χ2n) is 10.1. The predicted octanol–water partition coefficient (Wildman–Crippen LogP) is 1.92.